The van der Waals surface area contributed by atoms with Crippen molar-refractivity contribution in [2.45, 2.75) is 26.4 Å². The summed E-state index contributed by atoms with van der Waals surface area (Å²) in [4.78, 5) is 16.0. The molecule has 1 heterocycles. The van der Waals surface area contributed by atoms with Crippen molar-refractivity contribution in [2.24, 2.45) is 0 Å². The molecule has 1 aromatic rings. The first kappa shape index (κ1) is 13.0. The van der Waals surface area contributed by atoms with E-state index in [1.807, 2.05) is 13.8 Å². The monoisotopic (exact) mass is 229 g/mol. The van der Waals surface area contributed by atoms with Gasteiger partial charge >= 0.3 is 5.97 Å². The molecule has 3 heteroatoms. The fourth-order valence-electron chi connectivity index (χ4n) is 1.17. The standard InChI is InChI=1S/C14H15NO2/c1-4-8-12(13-9-6-7-10-15-13)14(16)17-11(3)5-2/h1,6-11H,5H2,2-3H3. The molecule has 0 amide bonds. The van der Waals surface area contributed by atoms with Crippen LogP contribution in [0, 0.1) is 12.3 Å². The molecule has 1 atom stereocenters. The molecule has 3 nitrogen and oxygen atoms in total. The van der Waals surface area contributed by atoms with Crippen LogP contribution in [0.4, 0.5) is 0 Å². The molecule has 0 aliphatic carbocycles. The van der Waals surface area contributed by atoms with E-state index < -0.39 is 5.97 Å². The first-order valence-corrected chi connectivity index (χ1v) is 5.47. The summed E-state index contributed by atoms with van der Waals surface area (Å²) < 4.78 is 5.23. The predicted octanol–water partition coefficient (Wildman–Crippen LogP) is 2.44. The van der Waals surface area contributed by atoms with Crippen molar-refractivity contribution in [1.82, 2.24) is 4.98 Å². The third-order valence-corrected chi connectivity index (χ3v) is 2.27. The van der Waals surface area contributed by atoms with Crippen LogP contribution >= 0.6 is 0 Å². The molecule has 1 aromatic heterocycles. The van der Waals surface area contributed by atoms with Crippen molar-refractivity contribution in [1.29, 1.82) is 0 Å². The molecule has 0 radical (unpaired) electrons. The molecule has 0 spiro atoms. The first-order chi connectivity index (χ1) is 8.19. The maximum Gasteiger partial charge on any atom is 0.341 e. The minimum Gasteiger partial charge on any atom is -0.459 e. The number of rotatable bonds is 4. The maximum absolute atomic E-state index is 11.9. The van der Waals surface area contributed by atoms with Crippen molar-refractivity contribution in [3.63, 3.8) is 0 Å². The van der Waals surface area contributed by atoms with Crippen LogP contribution in [-0.2, 0) is 9.53 Å². The van der Waals surface area contributed by atoms with Gasteiger partial charge in [0.2, 0.25) is 0 Å². The van der Waals surface area contributed by atoms with Crippen molar-refractivity contribution < 1.29 is 9.53 Å². The molecule has 0 aromatic carbocycles. The van der Waals surface area contributed by atoms with Gasteiger partial charge in [0.05, 0.1) is 17.4 Å². The molecule has 0 aliphatic rings. The van der Waals surface area contributed by atoms with Gasteiger partial charge in [0, 0.05) is 12.3 Å². The fraction of sp³-hybridized carbons (Fsp3) is 0.286. The topological polar surface area (TPSA) is 39.2 Å². The van der Waals surface area contributed by atoms with Crippen molar-refractivity contribution >= 4 is 11.5 Å². The van der Waals surface area contributed by atoms with Gasteiger partial charge in [-0.2, -0.15) is 0 Å². The summed E-state index contributed by atoms with van der Waals surface area (Å²) in [6.07, 6.45) is 8.82. The zero-order valence-electron chi connectivity index (χ0n) is 10.0. The zero-order chi connectivity index (χ0) is 12.7. The summed E-state index contributed by atoms with van der Waals surface area (Å²) in [5.74, 6) is 1.90. The smallest absolute Gasteiger partial charge is 0.341 e. The molecule has 0 saturated heterocycles. The first-order valence-electron chi connectivity index (χ1n) is 5.47. The number of esters is 1. The second-order valence-corrected chi connectivity index (χ2v) is 3.56. The highest BCUT2D eigenvalue weighted by Gasteiger charge is 2.16. The minimum atomic E-state index is -0.434. The lowest BCUT2D eigenvalue weighted by molar-refractivity contribution is -0.141. The number of hydrogen-bond donors (Lipinski definition) is 0. The van der Waals surface area contributed by atoms with E-state index in [0.29, 0.717) is 11.3 Å². The Hall–Kier alpha value is -2.08. The number of allylic oxidation sites excluding steroid dienone is 1. The average Bonchev–Trinajstić information content (AvgIpc) is 2.36. The second-order valence-electron chi connectivity index (χ2n) is 3.56. The van der Waals surface area contributed by atoms with Crippen LogP contribution in [-0.4, -0.2) is 17.1 Å². The molecule has 0 aliphatic heterocycles. The summed E-state index contributed by atoms with van der Waals surface area (Å²) in [7, 11) is 0. The van der Waals surface area contributed by atoms with Gasteiger partial charge in [-0.15, -0.1) is 6.42 Å². The highest BCUT2D eigenvalue weighted by Crippen LogP contribution is 2.14. The van der Waals surface area contributed by atoms with E-state index in [2.05, 4.69) is 10.9 Å². The summed E-state index contributed by atoms with van der Waals surface area (Å²) in [5, 5.41) is 0. The molecule has 17 heavy (non-hydrogen) atoms. The molecule has 0 bridgehead atoms. The maximum atomic E-state index is 11.9. The minimum absolute atomic E-state index is 0.132. The Kier molecular flexibility index (Phi) is 4.96. The van der Waals surface area contributed by atoms with Crippen LogP contribution in [0.3, 0.4) is 0 Å². The Bertz CT molecular complexity index is 443. The van der Waals surface area contributed by atoms with Gasteiger partial charge < -0.3 is 4.74 Å². The van der Waals surface area contributed by atoms with Gasteiger partial charge in [-0.1, -0.05) is 18.9 Å². The molecule has 0 N–H and O–H groups in total. The number of nitrogens with zero attached hydrogens (tertiary/aromatic N) is 1. The van der Waals surface area contributed by atoms with E-state index in [1.165, 1.54) is 6.08 Å². The van der Waals surface area contributed by atoms with Gasteiger partial charge in [-0.25, -0.2) is 4.79 Å². The van der Waals surface area contributed by atoms with E-state index >= 15 is 0 Å². The number of ether oxygens (including phenoxy) is 1. The summed E-state index contributed by atoms with van der Waals surface area (Å²) in [6.45, 7) is 3.78. The number of hydrogen-bond acceptors (Lipinski definition) is 3. The molecule has 88 valence electrons. The van der Waals surface area contributed by atoms with Crippen LogP contribution in [0.25, 0.3) is 5.57 Å². The Morgan fingerprint density at radius 3 is 2.94 bits per heavy atom. The van der Waals surface area contributed by atoms with Crippen molar-refractivity contribution in [2.75, 3.05) is 0 Å². The predicted molar refractivity (Wildman–Crippen MR) is 66.9 cm³/mol. The Morgan fingerprint density at radius 2 is 2.41 bits per heavy atom. The van der Waals surface area contributed by atoms with Crippen LogP contribution in [0.1, 0.15) is 26.0 Å². The Balaban J connectivity index is 2.93. The Morgan fingerprint density at radius 1 is 1.65 bits per heavy atom. The van der Waals surface area contributed by atoms with Gasteiger partial charge in [-0.05, 0) is 25.5 Å². The van der Waals surface area contributed by atoms with Crippen LogP contribution < -0.4 is 0 Å². The number of aromatic nitrogens is 1. The number of pyridine rings is 1. The lowest BCUT2D eigenvalue weighted by Crippen LogP contribution is -2.15. The van der Waals surface area contributed by atoms with E-state index in [4.69, 9.17) is 11.2 Å². The van der Waals surface area contributed by atoms with E-state index in [0.717, 1.165) is 6.42 Å². The second kappa shape index (κ2) is 6.49. The molecule has 0 fully saturated rings. The third kappa shape index (κ3) is 3.76. The quantitative estimate of drug-likeness (QED) is 0.452. The third-order valence-electron chi connectivity index (χ3n) is 2.27. The molecule has 1 rings (SSSR count). The number of terminal acetylenes is 1. The fourth-order valence-corrected chi connectivity index (χ4v) is 1.17. The average molecular weight is 229 g/mol. The van der Waals surface area contributed by atoms with E-state index in [9.17, 15) is 4.79 Å². The summed E-state index contributed by atoms with van der Waals surface area (Å²) >= 11 is 0. The van der Waals surface area contributed by atoms with Crippen molar-refractivity contribution in [3.8, 4) is 12.3 Å². The lowest BCUT2D eigenvalue weighted by Gasteiger charge is -2.12. The SMILES string of the molecule is C#CC=C(C(=O)OC(C)CC)c1ccccn1. The van der Waals surface area contributed by atoms with Crippen LogP contribution in [0.2, 0.25) is 0 Å². The Labute approximate surface area is 102 Å². The van der Waals surface area contributed by atoms with Gasteiger partial charge in [0.25, 0.3) is 0 Å². The molecule has 1 unspecified atom stereocenters. The number of carbonyl (C=O) groups excluding carboxylic acids is 1. The summed E-state index contributed by atoms with van der Waals surface area (Å²) in [5.41, 5.74) is 0.840. The highest BCUT2D eigenvalue weighted by atomic mass is 16.5. The van der Waals surface area contributed by atoms with Crippen LogP contribution in [0.15, 0.2) is 30.5 Å². The van der Waals surface area contributed by atoms with Gasteiger partial charge in [-0.3, -0.25) is 4.98 Å². The molecular formula is C14H15NO2. The molecular weight excluding hydrogens is 214 g/mol. The largest absolute Gasteiger partial charge is 0.459 e. The highest BCUT2D eigenvalue weighted by molar-refractivity contribution is 6.16. The zero-order valence-corrected chi connectivity index (χ0v) is 10.0. The molecule has 0 saturated carbocycles. The van der Waals surface area contributed by atoms with Crippen LogP contribution in [0.5, 0.6) is 0 Å². The van der Waals surface area contributed by atoms with Crippen molar-refractivity contribution in [3.05, 3.63) is 36.2 Å². The summed E-state index contributed by atoms with van der Waals surface area (Å²) in [6, 6.07) is 5.29. The normalized spacial score (nSPS) is 12.6. The van der Waals surface area contributed by atoms with E-state index in [-0.39, 0.29) is 6.10 Å². The van der Waals surface area contributed by atoms with Gasteiger partial charge in [0.1, 0.15) is 0 Å². The number of carbonyl (C=O) groups is 1. The van der Waals surface area contributed by atoms with E-state index in [1.54, 1.807) is 24.4 Å². The van der Waals surface area contributed by atoms with Gasteiger partial charge in [0.15, 0.2) is 0 Å². The lowest BCUT2D eigenvalue weighted by atomic mass is 10.1.